The van der Waals surface area contributed by atoms with Gasteiger partial charge >= 0.3 is 30.0 Å². The van der Waals surface area contributed by atoms with Crippen molar-refractivity contribution in [2.45, 2.75) is 128 Å². The number of aliphatic hydroxyl groups excluding tert-OH is 1. The van der Waals surface area contributed by atoms with E-state index in [9.17, 15) is 34.2 Å². The molecule has 3 N–H and O–H groups in total. The van der Waals surface area contributed by atoms with E-state index >= 15 is 4.79 Å². The van der Waals surface area contributed by atoms with Gasteiger partial charge in [0, 0.05) is 31.1 Å². The topological polar surface area (TPSA) is 210 Å². The van der Waals surface area contributed by atoms with Crippen LogP contribution in [-0.2, 0) is 47.6 Å². The minimum Gasteiger partial charge on any atom is -0.456 e. The first-order chi connectivity index (χ1) is 28.1. The highest BCUT2D eigenvalue weighted by molar-refractivity contribution is 5.97. The van der Waals surface area contributed by atoms with Gasteiger partial charge in [-0.15, -0.1) is 0 Å². The number of amides is 1. The fourth-order valence-corrected chi connectivity index (χ4v) is 10.4. The van der Waals surface area contributed by atoms with E-state index in [1.54, 1.807) is 90.1 Å². The van der Waals surface area contributed by atoms with Crippen molar-refractivity contribution in [2.24, 2.45) is 22.7 Å². The third-order valence-corrected chi connectivity index (χ3v) is 13.2. The maximum atomic E-state index is 15.4. The van der Waals surface area contributed by atoms with Crippen molar-refractivity contribution in [2.75, 3.05) is 6.61 Å². The van der Waals surface area contributed by atoms with Crippen LogP contribution in [0.1, 0.15) is 96.6 Å². The number of fused-ring (bicyclic) bond motifs is 4. The monoisotopic (exact) mass is 831 g/mol. The fraction of sp³-hybridized carbons (Fsp3) is 0.556. The van der Waals surface area contributed by atoms with Crippen LogP contribution in [-0.4, -0.2) is 99.9 Å². The van der Waals surface area contributed by atoms with Gasteiger partial charge in [-0.05, 0) is 75.3 Å². The molecular formula is C45H53NO14. The van der Waals surface area contributed by atoms with Gasteiger partial charge in [0.2, 0.25) is 0 Å². The highest BCUT2D eigenvalue weighted by atomic mass is 16.6. The summed E-state index contributed by atoms with van der Waals surface area (Å²) in [6.45, 7) is 12.0. The molecule has 1 heterocycles. The van der Waals surface area contributed by atoms with E-state index in [4.69, 9.17) is 28.4 Å². The van der Waals surface area contributed by atoms with Gasteiger partial charge in [-0.25, -0.2) is 14.4 Å². The van der Waals surface area contributed by atoms with Gasteiger partial charge in [-0.3, -0.25) is 14.4 Å². The maximum absolute atomic E-state index is 15.4. The molecule has 15 nitrogen and oxygen atoms in total. The Bertz CT molecular complexity index is 2110. The number of alkyl carbamates (subject to hydrolysis) is 1. The minimum atomic E-state index is -2.25. The molecular weight excluding hydrogens is 778 g/mol. The summed E-state index contributed by atoms with van der Waals surface area (Å²) in [6.07, 6.45) is -8.18. The van der Waals surface area contributed by atoms with Crippen LogP contribution >= 0.6 is 0 Å². The molecule has 3 unspecified atom stereocenters. The number of carbonyl (C=O) groups is 6. The summed E-state index contributed by atoms with van der Waals surface area (Å²) in [6, 6.07) is 14.9. The number of benzene rings is 2. The Hall–Kier alpha value is -5.12. The van der Waals surface area contributed by atoms with Gasteiger partial charge in [0.05, 0.1) is 24.1 Å². The number of aliphatic hydroxyl groups is 2. The Labute approximate surface area is 348 Å². The molecule has 4 fully saturated rings. The van der Waals surface area contributed by atoms with Crippen molar-refractivity contribution in [3.63, 3.8) is 0 Å². The summed E-state index contributed by atoms with van der Waals surface area (Å²) in [5.41, 5.74) is -6.79. The number of nitrogens with one attached hydrogen (secondary N) is 1. The van der Waals surface area contributed by atoms with Gasteiger partial charge < -0.3 is 44.0 Å². The second kappa shape index (κ2) is 15.1. The summed E-state index contributed by atoms with van der Waals surface area (Å²) in [4.78, 5) is 82.8. The largest absolute Gasteiger partial charge is 0.456 e. The first kappa shape index (κ1) is 43.0. The van der Waals surface area contributed by atoms with Gasteiger partial charge in [-0.2, -0.15) is 0 Å². The standard InChI is InChI=1S/C45H53NO14/c1-23-29(57-39(52)33(49)32(26-15-11-9-12-16-26)46-40(53)60-41(4,5)6)21-45(54)37(58-38(51)27-17-13-10-14-18-27)35-43(36(50)34(56-24(2)47)31(23)42(45,7)8)20-28(43)19-30-44(35,22-55-30)59-25(3)48/h9-18,28-30,32-35,37,49,54H,19-22H2,1-8H3,(H,46,53)/t28?,29-,30+,32-,33+,34+,35?,37-,43?,44-,45+/m0/s1. The molecule has 3 saturated carbocycles. The van der Waals surface area contributed by atoms with Crippen molar-refractivity contribution >= 4 is 35.8 Å². The van der Waals surface area contributed by atoms with Crippen LogP contribution in [0, 0.1) is 22.7 Å². The Morgan fingerprint density at radius 2 is 1.53 bits per heavy atom. The Balaban J connectivity index is 1.37. The second-order valence-corrected chi connectivity index (χ2v) is 18.3. The van der Waals surface area contributed by atoms with Crippen molar-refractivity contribution in [1.82, 2.24) is 5.32 Å². The van der Waals surface area contributed by atoms with Gasteiger partial charge in [0.15, 0.2) is 23.6 Å². The molecule has 2 aromatic carbocycles. The average Bonchev–Trinajstić information content (AvgIpc) is 3.90. The van der Waals surface area contributed by atoms with E-state index in [0.717, 1.165) is 6.92 Å². The summed E-state index contributed by atoms with van der Waals surface area (Å²) in [5.74, 6) is -5.65. The molecule has 5 aliphatic rings. The molecule has 0 radical (unpaired) electrons. The van der Waals surface area contributed by atoms with E-state index in [-0.39, 0.29) is 35.7 Å². The number of hydrogen-bond acceptors (Lipinski definition) is 14. The molecule has 1 saturated heterocycles. The highest BCUT2D eigenvalue weighted by Gasteiger charge is 2.84. The number of ether oxygens (including phenoxy) is 6. The van der Waals surface area contributed by atoms with Gasteiger partial charge in [0.1, 0.15) is 29.5 Å². The van der Waals surface area contributed by atoms with Crippen LogP contribution in [0.2, 0.25) is 0 Å². The van der Waals surface area contributed by atoms with Crippen molar-refractivity contribution in [1.29, 1.82) is 0 Å². The third kappa shape index (κ3) is 7.07. The average molecular weight is 832 g/mol. The number of Topliss-reactive ketones (excluding diaryl/α,β-unsaturated/α-hetero) is 1. The van der Waals surface area contributed by atoms with Crippen LogP contribution in [0.4, 0.5) is 4.79 Å². The van der Waals surface area contributed by atoms with Crippen molar-refractivity contribution in [3.05, 3.63) is 82.9 Å². The lowest BCUT2D eigenvalue weighted by molar-refractivity contribution is -0.323. The van der Waals surface area contributed by atoms with E-state index in [1.807, 2.05) is 0 Å². The number of rotatable bonds is 9. The van der Waals surface area contributed by atoms with Crippen molar-refractivity contribution < 1.29 is 67.4 Å². The van der Waals surface area contributed by atoms with E-state index < -0.39 is 112 Å². The predicted octanol–water partition coefficient (Wildman–Crippen LogP) is 4.47. The predicted molar refractivity (Wildman–Crippen MR) is 210 cm³/mol. The lowest BCUT2D eigenvalue weighted by Crippen LogP contribution is -2.78. The maximum Gasteiger partial charge on any atom is 0.408 e. The zero-order valence-electron chi connectivity index (χ0n) is 35.0. The number of hydrogen-bond donors (Lipinski definition) is 3. The molecule has 60 heavy (non-hydrogen) atoms. The molecule has 2 bridgehead atoms. The van der Waals surface area contributed by atoms with Crippen LogP contribution < -0.4 is 5.32 Å². The van der Waals surface area contributed by atoms with Gasteiger partial charge in [0.25, 0.3) is 0 Å². The molecule has 1 aliphatic heterocycles. The van der Waals surface area contributed by atoms with Crippen LogP contribution in [0.25, 0.3) is 0 Å². The second-order valence-electron chi connectivity index (χ2n) is 18.3. The Morgan fingerprint density at radius 1 is 0.900 bits per heavy atom. The SMILES string of the molecule is CC(=O)O[C@H]1C(=O)C23CC2C[C@H]2OC[C@@]2(OC(C)=O)C3[C@H](OC(=O)c2ccccc2)[C@]2(O)C[C@H](OC(=O)[C@H](O)[C@@H](NC(=O)OC(C)(C)C)c3ccccc3)C(C)=C1C2(C)C. The smallest absolute Gasteiger partial charge is 0.408 e. The molecule has 0 aromatic heterocycles. The quantitative estimate of drug-likeness (QED) is 0.181. The van der Waals surface area contributed by atoms with Crippen LogP contribution in [0.5, 0.6) is 0 Å². The van der Waals surface area contributed by atoms with Crippen LogP contribution in [0.3, 0.4) is 0 Å². The Kier molecular flexibility index (Phi) is 10.8. The van der Waals surface area contributed by atoms with Crippen LogP contribution in [0.15, 0.2) is 71.8 Å². The molecule has 15 heteroatoms. The van der Waals surface area contributed by atoms with E-state index in [1.165, 1.54) is 19.1 Å². The lowest BCUT2D eigenvalue weighted by Gasteiger charge is -2.64. The normalized spacial score (nSPS) is 33.3. The molecule has 4 aliphatic carbocycles. The number of ketones is 1. The number of carbonyl (C=O) groups excluding carboxylic acids is 6. The summed E-state index contributed by atoms with van der Waals surface area (Å²) in [7, 11) is 0. The number of esters is 4. The zero-order chi connectivity index (χ0) is 43.7. The first-order valence-corrected chi connectivity index (χ1v) is 20.2. The Morgan fingerprint density at radius 3 is 2.10 bits per heavy atom. The summed E-state index contributed by atoms with van der Waals surface area (Å²) < 4.78 is 36.0. The zero-order valence-corrected chi connectivity index (χ0v) is 35.0. The molecule has 2 aromatic rings. The molecule has 322 valence electrons. The van der Waals surface area contributed by atoms with Gasteiger partial charge in [-0.1, -0.05) is 62.4 Å². The van der Waals surface area contributed by atoms with E-state index in [0.29, 0.717) is 12.0 Å². The fourth-order valence-electron chi connectivity index (χ4n) is 10.4. The van der Waals surface area contributed by atoms with Crippen molar-refractivity contribution in [3.8, 4) is 0 Å². The lowest BCUT2D eigenvalue weighted by atomic mass is 9.48. The molecule has 11 atom stereocenters. The molecule has 1 spiro atoms. The third-order valence-electron chi connectivity index (χ3n) is 13.2. The molecule has 1 amide bonds. The summed E-state index contributed by atoms with van der Waals surface area (Å²) in [5, 5.41) is 27.9. The molecule has 7 rings (SSSR count). The van der Waals surface area contributed by atoms with E-state index in [2.05, 4.69) is 5.32 Å². The highest BCUT2D eigenvalue weighted by Crippen LogP contribution is 2.74. The summed E-state index contributed by atoms with van der Waals surface area (Å²) >= 11 is 0. The first-order valence-electron chi connectivity index (χ1n) is 20.2. The minimum absolute atomic E-state index is 0.128.